The van der Waals surface area contributed by atoms with Crippen molar-refractivity contribution in [2.75, 3.05) is 0 Å². The Morgan fingerprint density at radius 2 is 1.80 bits per heavy atom. The van der Waals surface area contributed by atoms with Crippen LogP contribution in [0, 0.1) is 0 Å². The van der Waals surface area contributed by atoms with Gasteiger partial charge in [0, 0.05) is 0 Å². The van der Waals surface area contributed by atoms with E-state index in [0.29, 0.717) is 0 Å². The summed E-state index contributed by atoms with van der Waals surface area (Å²) in [5.41, 5.74) is 0.194. The topological polar surface area (TPSA) is 65.0 Å². The molecular weight excluding hydrogens is 299 g/mol. The van der Waals surface area contributed by atoms with Gasteiger partial charge in [0.1, 0.15) is 0 Å². The van der Waals surface area contributed by atoms with Gasteiger partial charge in [0.15, 0.2) is 0 Å². The molecule has 0 saturated carbocycles. The van der Waals surface area contributed by atoms with Gasteiger partial charge in [-0.1, -0.05) is 12.1 Å². The molecule has 0 aliphatic heterocycles. The molecule has 0 amide bonds. The van der Waals surface area contributed by atoms with Crippen LogP contribution in [0.15, 0.2) is 24.3 Å². The fourth-order valence-corrected chi connectivity index (χ4v) is 3.05. The minimum atomic E-state index is -3.42. The Morgan fingerprint density at radius 1 is 1.20 bits per heavy atom. The van der Waals surface area contributed by atoms with Crippen molar-refractivity contribution in [2.24, 2.45) is 0 Å². The number of carbonyl (C=O) groups excluding carboxylic acids is 1. The Labute approximate surface area is 124 Å². The third kappa shape index (κ3) is 4.96. The van der Waals surface area contributed by atoms with Crippen LogP contribution in [0.4, 0.5) is 0 Å². The number of hydrogen-bond acceptors (Lipinski definition) is 5. The van der Waals surface area contributed by atoms with Gasteiger partial charge in [-0.25, -0.2) is 9.68 Å². The maximum atomic E-state index is 12.0. The molecular formula is C13H19O5PS. The molecule has 0 radical (unpaired) electrons. The summed E-state index contributed by atoms with van der Waals surface area (Å²) in [6.45, 7) is 3.55. The SMILES string of the molecule is CC(C)OOP(O)(=S)c1ccccc1C(=O)OC(C)C. The molecule has 20 heavy (non-hydrogen) atoms. The molecule has 1 unspecified atom stereocenters. The highest BCUT2D eigenvalue weighted by Crippen LogP contribution is 2.42. The van der Waals surface area contributed by atoms with Crippen molar-refractivity contribution in [1.82, 2.24) is 0 Å². The standard InChI is InChI=1S/C13H19O5PS/c1-9(2)16-13(14)11-7-5-6-8-12(11)19(15,20)18-17-10(3)4/h5-10H,1-4H3,(H,15,20). The zero-order valence-corrected chi connectivity index (χ0v) is 13.6. The first-order valence-electron chi connectivity index (χ1n) is 6.22. The lowest BCUT2D eigenvalue weighted by molar-refractivity contribution is -0.233. The molecule has 1 rings (SSSR count). The molecule has 1 N–H and O–H groups in total. The van der Waals surface area contributed by atoms with Crippen LogP contribution in [-0.2, 0) is 26.1 Å². The Kier molecular flexibility index (Phi) is 6.30. The monoisotopic (exact) mass is 318 g/mol. The first-order valence-corrected chi connectivity index (χ1v) is 8.89. The normalized spacial score (nSPS) is 14.3. The molecule has 0 aliphatic carbocycles. The largest absolute Gasteiger partial charge is 0.459 e. The summed E-state index contributed by atoms with van der Waals surface area (Å²) >= 11 is 5.06. The molecule has 0 spiro atoms. The molecule has 0 aromatic heterocycles. The molecule has 0 bridgehead atoms. The van der Waals surface area contributed by atoms with E-state index in [1.807, 2.05) is 0 Å². The van der Waals surface area contributed by atoms with Crippen LogP contribution >= 0.6 is 6.49 Å². The third-order valence-corrected chi connectivity index (χ3v) is 4.17. The van der Waals surface area contributed by atoms with Gasteiger partial charge in [0.25, 0.3) is 6.49 Å². The number of ether oxygens (including phenoxy) is 1. The quantitative estimate of drug-likeness (QED) is 0.376. The fourth-order valence-electron chi connectivity index (χ4n) is 1.35. The predicted octanol–water partition coefficient (Wildman–Crippen LogP) is 2.54. The second kappa shape index (κ2) is 7.29. The molecule has 0 heterocycles. The predicted molar refractivity (Wildman–Crippen MR) is 80.4 cm³/mol. The smallest absolute Gasteiger partial charge is 0.339 e. The van der Waals surface area contributed by atoms with Crippen LogP contribution in [0.1, 0.15) is 38.1 Å². The van der Waals surface area contributed by atoms with Crippen molar-refractivity contribution in [3.63, 3.8) is 0 Å². The summed E-state index contributed by atoms with van der Waals surface area (Å²) in [6, 6.07) is 6.41. The van der Waals surface area contributed by atoms with Gasteiger partial charge in [-0.2, -0.15) is 4.67 Å². The molecule has 0 aliphatic rings. The molecule has 5 nitrogen and oxygen atoms in total. The summed E-state index contributed by atoms with van der Waals surface area (Å²) in [5.74, 6) is -0.549. The maximum Gasteiger partial charge on any atom is 0.339 e. The highest BCUT2D eigenvalue weighted by Gasteiger charge is 2.26. The van der Waals surface area contributed by atoms with E-state index >= 15 is 0 Å². The van der Waals surface area contributed by atoms with E-state index in [2.05, 4.69) is 0 Å². The van der Waals surface area contributed by atoms with Gasteiger partial charge in [-0.05, 0) is 51.6 Å². The van der Waals surface area contributed by atoms with Crippen LogP contribution in [0.3, 0.4) is 0 Å². The van der Waals surface area contributed by atoms with Gasteiger partial charge < -0.3 is 9.63 Å². The number of carbonyl (C=O) groups is 1. The molecule has 112 valence electrons. The van der Waals surface area contributed by atoms with E-state index in [0.717, 1.165) is 0 Å². The van der Waals surface area contributed by atoms with Gasteiger partial charge in [0.2, 0.25) is 0 Å². The zero-order valence-electron chi connectivity index (χ0n) is 11.9. The van der Waals surface area contributed by atoms with Crippen molar-refractivity contribution in [1.29, 1.82) is 0 Å². The number of esters is 1. The number of rotatable bonds is 6. The van der Waals surface area contributed by atoms with E-state index in [4.69, 9.17) is 26.1 Å². The first kappa shape index (κ1) is 17.3. The fraction of sp³-hybridized carbons (Fsp3) is 0.462. The first-order chi connectivity index (χ1) is 9.24. The Bertz CT molecular complexity index is 515. The van der Waals surface area contributed by atoms with Crippen LogP contribution in [0.25, 0.3) is 0 Å². The summed E-state index contributed by atoms with van der Waals surface area (Å²) in [7, 11) is 0. The summed E-state index contributed by atoms with van der Waals surface area (Å²) in [6.07, 6.45) is -0.515. The van der Waals surface area contributed by atoms with Crippen LogP contribution in [0.2, 0.25) is 0 Å². The molecule has 0 fully saturated rings. The minimum absolute atomic E-state index is 0.194. The Morgan fingerprint density at radius 3 is 2.35 bits per heavy atom. The van der Waals surface area contributed by atoms with Crippen LogP contribution in [-0.4, -0.2) is 23.1 Å². The van der Waals surface area contributed by atoms with Gasteiger partial charge >= 0.3 is 5.97 Å². The van der Waals surface area contributed by atoms with E-state index in [1.165, 1.54) is 6.07 Å². The summed E-state index contributed by atoms with van der Waals surface area (Å²) in [5, 5.41) is 0.223. The van der Waals surface area contributed by atoms with Gasteiger partial charge in [-0.3, -0.25) is 0 Å². The minimum Gasteiger partial charge on any atom is -0.459 e. The van der Waals surface area contributed by atoms with Crippen molar-refractivity contribution in [2.45, 2.75) is 39.9 Å². The Balaban J connectivity index is 3.06. The molecule has 1 aromatic carbocycles. The van der Waals surface area contributed by atoms with E-state index in [9.17, 15) is 9.69 Å². The number of benzene rings is 1. The molecule has 0 saturated heterocycles. The number of hydrogen-bond donors (Lipinski definition) is 1. The lowest BCUT2D eigenvalue weighted by atomic mass is 10.2. The van der Waals surface area contributed by atoms with Crippen LogP contribution < -0.4 is 5.30 Å². The average molecular weight is 318 g/mol. The van der Waals surface area contributed by atoms with Crippen molar-refractivity contribution >= 4 is 29.6 Å². The summed E-state index contributed by atoms with van der Waals surface area (Å²) < 4.78 is 10.1. The van der Waals surface area contributed by atoms with Crippen molar-refractivity contribution in [3.05, 3.63) is 29.8 Å². The zero-order chi connectivity index (χ0) is 15.3. The molecule has 7 heteroatoms. The summed E-state index contributed by atoms with van der Waals surface area (Å²) in [4.78, 5) is 27.2. The van der Waals surface area contributed by atoms with Gasteiger partial charge in [0.05, 0.1) is 23.1 Å². The van der Waals surface area contributed by atoms with E-state index < -0.39 is 12.5 Å². The van der Waals surface area contributed by atoms with Gasteiger partial charge in [-0.15, -0.1) is 0 Å². The van der Waals surface area contributed by atoms with E-state index in [1.54, 1.807) is 45.9 Å². The molecule has 1 aromatic rings. The van der Waals surface area contributed by atoms with Crippen molar-refractivity contribution in [3.8, 4) is 0 Å². The maximum absolute atomic E-state index is 12.0. The lowest BCUT2D eigenvalue weighted by Gasteiger charge is -2.19. The third-order valence-electron chi connectivity index (χ3n) is 2.11. The van der Waals surface area contributed by atoms with Crippen molar-refractivity contribution < 1.29 is 24.0 Å². The average Bonchev–Trinajstić information content (AvgIpc) is 2.36. The lowest BCUT2D eigenvalue weighted by Crippen LogP contribution is -2.21. The second-order valence-corrected chi connectivity index (χ2v) is 7.87. The van der Waals surface area contributed by atoms with E-state index in [-0.39, 0.29) is 23.1 Å². The second-order valence-electron chi connectivity index (χ2n) is 4.71. The van der Waals surface area contributed by atoms with Crippen LogP contribution in [0.5, 0.6) is 0 Å². The highest BCUT2D eigenvalue weighted by molar-refractivity contribution is 8.13. The Hall–Kier alpha value is -0.780. The highest BCUT2D eigenvalue weighted by atomic mass is 32.5. The molecule has 1 atom stereocenters.